The van der Waals surface area contributed by atoms with Gasteiger partial charge in [0, 0.05) is 17.9 Å². The van der Waals surface area contributed by atoms with Gasteiger partial charge >= 0.3 is 0 Å². The number of benzene rings is 1. The number of hydrogen-bond acceptors (Lipinski definition) is 4. The Bertz CT molecular complexity index is 508. The summed E-state index contributed by atoms with van der Waals surface area (Å²) < 4.78 is 33.5. The fourth-order valence-corrected chi connectivity index (χ4v) is 4.82. The molecule has 2 fully saturated rings. The maximum atomic E-state index is 14.0. The quantitative estimate of drug-likeness (QED) is 0.665. The van der Waals surface area contributed by atoms with Crippen LogP contribution in [0.4, 0.5) is 8.78 Å². The Balaban J connectivity index is 1.84. The van der Waals surface area contributed by atoms with E-state index in [0.29, 0.717) is 12.2 Å². The summed E-state index contributed by atoms with van der Waals surface area (Å²) in [6, 6.07) is 3.15. The van der Waals surface area contributed by atoms with Gasteiger partial charge in [-0.15, -0.1) is 0 Å². The molecule has 0 aliphatic carbocycles. The highest BCUT2D eigenvalue weighted by Gasteiger charge is 2.43. The number of hydrazine groups is 1. The third-order valence-corrected chi connectivity index (χ3v) is 5.77. The summed E-state index contributed by atoms with van der Waals surface area (Å²) in [5.74, 6) is 7.03. The lowest BCUT2D eigenvalue weighted by molar-refractivity contribution is -0.0856. The first-order valence-electron chi connectivity index (χ1n) is 7.26. The molecule has 3 nitrogen and oxygen atoms in total. The van der Waals surface area contributed by atoms with Crippen molar-refractivity contribution in [3.63, 3.8) is 0 Å². The second-order valence-electron chi connectivity index (χ2n) is 5.90. The van der Waals surface area contributed by atoms with Crippen molar-refractivity contribution >= 4 is 11.8 Å². The van der Waals surface area contributed by atoms with Crippen molar-refractivity contribution in [2.75, 3.05) is 18.1 Å². The predicted octanol–water partition coefficient (Wildman–Crippen LogP) is 2.77. The van der Waals surface area contributed by atoms with E-state index in [0.717, 1.165) is 42.9 Å². The monoisotopic (exact) mass is 314 g/mol. The number of rotatable bonds is 3. The zero-order chi connectivity index (χ0) is 14.9. The lowest BCUT2D eigenvalue weighted by Gasteiger charge is -2.40. The van der Waals surface area contributed by atoms with Gasteiger partial charge < -0.3 is 4.74 Å². The van der Waals surface area contributed by atoms with Crippen LogP contribution < -0.4 is 11.3 Å². The lowest BCUT2D eigenvalue weighted by atomic mass is 9.79. The van der Waals surface area contributed by atoms with Crippen molar-refractivity contribution in [2.45, 2.75) is 30.9 Å². The molecule has 3 rings (SSSR count). The molecular weight excluding hydrogens is 294 g/mol. The number of nitrogens with two attached hydrogens (primary N) is 1. The molecule has 0 aromatic heterocycles. The van der Waals surface area contributed by atoms with Gasteiger partial charge in [-0.3, -0.25) is 11.3 Å². The van der Waals surface area contributed by atoms with Crippen LogP contribution in [0.2, 0.25) is 0 Å². The molecule has 3 atom stereocenters. The summed E-state index contributed by atoms with van der Waals surface area (Å²) in [4.78, 5) is 0. The van der Waals surface area contributed by atoms with Gasteiger partial charge in [-0.25, -0.2) is 8.78 Å². The van der Waals surface area contributed by atoms with Crippen LogP contribution in [0.5, 0.6) is 0 Å². The summed E-state index contributed by atoms with van der Waals surface area (Å²) >= 11 is 1.89. The number of nitrogens with one attached hydrogen (secondary N) is 1. The molecule has 1 spiro atoms. The second-order valence-corrected chi connectivity index (χ2v) is 7.00. The molecule has 0 bridgehead atoms. The van der Waals surface area contributed by atoms with Crippen molar-refractivity contribution in [2.24, 2.45) is 11.8 Å². The maximum Gasteiger partial charge on any atom is 0.128 e. The van der Waals surface area contributed by atoms with Crippen LogP contribution in [-0.2, 0) is 4.74 Å². The van der Waals surface area contributed by atoms with Crippen molar-refractivity contribution in [1.29, 1.82) is 0 Å². The van der Waals surface area contributed by atoms with Crippen LogP contribution in [0.25, 0.3) is 0 Å². The zero-order valence-corrected chi connectivity index (χ0v) is 12.6. The normalized spacial score (nSPS) is 30.7. The molecule has 1 aromatic carbocycles. The molecule has 21 heavy (non-hydrogen) atoms. The van der Waals surface area contributed by atoms with Gasteiger partial charge in [0.05, 0.1) is 11.6 Å². The summed E-state index contributed by atoms with van der Waals surface area (Å²) in [6.07, 6.45) is 2.67. The fourth-order valence-electron chi connectivity index (χ4n) is 3.45. The Hall–Kier alpha value is -0.690. The number of ether oxygens (including phenoxy) is 1. The molecule has 2 saturated heterocycles. The molecular formula is C15H20F2N2OS. The molecule has 116 valence electrons. The van der Waals surface area contributed by atoms with Crippen LogP contribution in [0.1, 0.15) is 30.9 Å². The SMILES string of the molecule is NNC(c1cc(F)ccc1F)C1CCOC2(CCSC2)C1. The van der Waals surface area contributed by atoms with Gasteiger partial charge in [0.25, 0.3) is 0 Å². The van der Waals surface area contributed by atoms with Gasteiger partial charge in [0.15, 0.2) is 0 Å². The maximum absolute atomic E-state index is 14.0. The minimum Gasteiger partial charge on any atom is -0.374 e. The third-order valence-electron chi connectivity index (χ3n) is 4.54. The van der Waals surface area contributed by atoms with Crippen LogP contribution in [-0.4, -0.2) is 23.7 Å². The van der Waals surface area contributed by atoms with E-state index in [2.05, 4.69) is 5.43 Å². The summed E-state index contributed by atoms with van der Waals surface area (Å²) in [5.41, 5.74) is 2.90. The molecule has 2 aliphatic heterocycles. The molecule has 3 N–H and O–H groups in total. The topological polar surface area (TPSA) is 47.3 Å². The average Bonchev–Trinajstić information content (AvgIpc) is 2.91. The Labute approximate surface area is 127 Å². The van der Waals surface area contributed by atoms with E-state index in [1.54, 1.807) is 0 Å². The van der Waals surface area contributed by atoms with Crippen LogP contribution in [0.3, 0.4) is 0 Å². The fraction of sp³-hybridized carbons (Fsp3) is 0.600. The van der Waals surface area contributed by atoms with Crippen LogP contribution in [0, 0.1) is 17.6 Å². The summed E-state index contributed by atoms with van der Waals surface area (Å²) in [5, 5.41) is 0. The van der Waals surface area contributed by atoms with Crippen molar-refractivity contribution < 1.29 is 13.5 Å². The van der Waals surface area contributed by atoms with E-state index in [4.69, 9.17) is 10.6 Å². The highest BCUT2D eigenvalue weighted by atomic mass is 32.2. The standard InChI is InChI=1S/C15H20F2N2OS/c16-11-1-2-13(17)12(7-11)14(19-18)10-3-5-20-15(8-10)4-6-21-9-15/h1-2,7,10,14,19H,3-6,8-9,18H2. The van der Waals surface area contributed by atoms with Crippen LogP contribution in [0.15, 0.2) is 18.2 Å². The first-order chi connectivity index (χ1) is 10.1. The molecule has 0 amide bonds. The third kappa shape index (κ3) is 3.08. The van der Waals surface area contributed by atoms with E-state index < -0.39 is 11.6 Å². The first-order valence-corrected chi connectivity index (χ1v) is 8.42. The molecule has 2 aliphatic rings. The van der Waals surface area contributed by atoms with Crippen molar-refractivity contribution in [3.8, 4) is 0 Å². The molecule has 2 heterocycles. The first kappa shape index (κ1) is 15.2. The Morgan fingerprint density at radius 1 is 1.43 bits per heavy atom. The lowest BCUT2D eigenvalue weighted by Crippen LogP contribution is -2.45. The van der Waals surface area contributed by atoms with Gasteiger partial charge in [-0.2, -0.15) is 11.8 Å². The predicted molar refractivity (Wildman–Crippen MR) is 79.8 cm³/mol. The second kappa shape index (κ2) is 6.20. The highest BCUT2D eigenvalue weighted by molar-refractivity contribution is 7.99. The summed E-state index contributed by atoms with van der Waals surface area (Å²) in [6.45, 7) is 0.653. The van der Waals surface area contributed by atoms with Gasteiger partial charge in [-0.1, -0.05) is 0 Å². The molecule has 1 aromatic rings. The van der Waals surface area contributed by atoms with E-state index >= 15 is 0 Å². The molecule has 0 radical (unpaired) electrons. The van der Waals surface area contributed by atoms with E-state index in [1.807, 2.05) is 11.8 Å². The minimum absolute atomic E-state index is 0.105. The number of halogens is 2. The molecule has 3 unspecified atom stereocenters. The molecule has 0 saturated carbocycles. The van der Waals surface area contributed by atoms with E-state index in [9.17, 15) is 8.78 Å². The van der Waals surface area contributed by atoms with Crippen molar-refractivity contribution in [3.05, 3.63) is 35.4 Å². The smallest absolute Gasteiger partial charge is 0.128 e. The zero-order valence-electron chi connectivity index (χ0n) is 11.8. The Kier molecular flexibility index (Phi) is 4.49. The Morgan fingerprint density at radius 2 is 2.29 bits per heavy atom. The number of thioether (sulfide) groups is 1. The minimum atomic E-state index is -0.440. The van der Waals surface area contributed by atoms with Gasteiger partial charge in [0.1, 0.15) is 11.6 Å². The van der Waals surface area contributed by atoms with Crippen molar-refractivity contribution in [1.82, 2.24) is 5.43 Å². The summed E-state index contributed by atoms with van der Waals surface area (Å²) in [7, 11) is 0. The Morgan fingerprint density at radius 3 is 3.00 bits per heavy atom. The number of hydrogen-bond donors (Lipinski definition) is 2. The average molecular weight is 314 g/mol. The molecule has 6 heteroatoms. The largest absolute Gasteiger partial charge is 0.374 e. The van der Waals surface area contributed by atoms with Gasteiger partial charge in [-0.05, 0) is 49.1 Å². The van der Waals surface area contributed by atoms with E-state index in [1.165, 1.54) is 6.07 Å². The van der Waals surface area contributed by atoms with Crippen LogP contribution >= 0.6 is 11.8 Å². The van der Waals surface area contributed by atoms with Gasteiger partial charge in [0.2, 0.25) is 0 Å². The van der Waals surface area contributed by atoms with E-state index in [-0.39, 0.29) is 17.6 Å². The highest BCUT2D eigenvalue weighted by Crippen LogP contribution is 2.44.